The van der Waals surface area contributed by atoms with E-state index in [2.05, 4.69) is 0 Å². The first kappa shape index (κ1) is 12.7. The number of ether oxygens (including phenoxy) is 1. The zero-order valence-corrected chi connectivity index (χ0v) is 9.62. The number of hydrogen-bond acceptors (Lipinski definition) is 2. The molecule has 0 aromatic heterocycles. The Morgan fingerprint density at radius 2 is 1.83 bits per heavy atom. The minimum absolute atomic E-state index is 0.449. The molecule has 1 aromatic rings. The highest BCUT2D eigenvalue weighted by Gasteiger charge is 2.34. The van der Waals surface area contributed by atoms with Crippen LogP contribution in [0.4, 0.5) is 13.2 Å². The molecule has 0 N–H and O–H groups in total. The third-order valence-corrected chi connectivity index (χ3v) is 2.91. The van der Waals surface area contributed by atoms with Crippen LogP contribution < -0.4 is 0 Å². The number of esters is 1. The molecule has 0 bridgehead atoms. The van der Waals surface area contributed by atoms with Crippen molar-refractivity contribution in [2.45, 2.75) is 25.1 Å². The molecule has 96 valence electrons. The standard InChI is InChI=1S/C13H11F3O2/c1-12(8-2-3-11(17)18-12)9-4-6-10(7-5-9)13(14,15)16/h2-7H,8H2,1H3/t12-/m0/s1. The van der Waals surface area contributed by atoms with Crippen LogP contribution in [0.25, 0.3) is 0 Å². The Morgan fingerprint density at radius 3 is 2.33 bits per heavy atom. The molecule has 1 heterocycles. The fourth-order valence-corrected chi connectivity index (χ4v) is 1.87. The lowest BCUT2D eigenvalue weighted by Crippen LogP contribution is -2.30. The summed E-state index contributed by atoms with van der Waals surface area (Å²) in [6.45, 7) is 1.68. The van der Waals surface area contributed by atoms with Crippen LogP contribution in [0.15, 0.2) is 36.4 Å². The number of carbonyl (C=O) groups excluding carboxylic acids is 1. The summed E-state index contributed by atoms with van der Waals surface area (Å²) >= 11 is 0. The van der Waals surface area contributed by atoms with Crippen molar-refractivity contribution in [3.8, 4) is 0 Å². The van der Waals surface area contributed by atoms with E-state index >= 15 is 0 Å². The molecule has 0 radical (unpaired) electrons. The molecule has 0 saturated carbocycles. The largest absolute Gasteiger partial charge is 0.451 e. The van der Waals surface area contributed by atoms with Gasteiger partial charge in [-0.1, -0.05) is 18.2 Å². The lowest BCUT2D eigenvalue weighted by Gasteiger charge is -2.31. The third-order valence-electron chi connectivity index (χ3n) is 2.91. The molecule has 2 nitrogen and oxygen atoms in total. The molecule has 1 atom stereocenters. The van der Waals surface area contributed by atoms with Crippen LogP contribution in [0, 0.1) is 0 Å². The summed E-state index contributed by atoms with van der Waals surface area (Å²) in [5.74, 6) is -0.483. The zero-order valence-electron chi connectivity index (χ0n) is 9.62. The molecule has 0 spiro atoms. The van der Waals surface area contributed by atoms with Gasteiger partial charge in [0.1, 0.15) is 5.60 Å². The van der Waals surface area contributed by atoms with E-state index in [0.29, 0.717) is 12.0 Å². The topological polar surface area (TPSA) is 26.3 Å². The van der Waals surface area contributed by atoms with Crippen LogP contribution in [0.5, 0.6) is 0 Å². The summed E-state index contributed by atoms with van der Waals surface area (Å²) in [6.07, 6.45) is -0.942. The Labute approximate surface area is 102 Å². The molecule has 1 aromatic carbocycles. The number of hydrogen-bond donors (Lipinski definition) is 0. The Hall–Kier alpha value is -1.78. The van der Waals surface area contributed by atoms with Gasteiger partial charge in [0.25, 0.3) is 0 Å². The van der Waals surface area contributed by atoms with Crippen molar-refractivity contribution in [3.05, 3.63) is 47.5 Å². The second-order valence-corrected chi connectivity index (χ2v) is 4.33. The van der Waals surface area contributed by atoms with Gasteiger partial charge in [0.05, 0.1) is 5.56 Å². The monoisotopic (exact) mass is 256 g/mol. The normalized spacial score (nSPS) is 23.9. The molecular weight excluding hydrogens is 245 g/mol. The van der Waals surface area contributed by atoms with Crippen LogP contribution in [0.2, 0.25) is 0 Å². The van der Waals surface area contributed by atoms with E-state index in [1.807, 2.05) is 0 Å². The SMILES string of the molecule is C[C@@]1(c2ccc(C(F)(F)F)cc2)CC=CC(=O)O1. The maximum absolute atomic E-state index is 12.4. The predicted molar refractivity (Wildman–Crippen MR) is 58.6 cm³/mol. The highest BCUT2D eigenvalue weighted by atomic mass is 19.4. The predicted octanol–water partition coefficient (Wildman–Crippen LogP) is 3.42. The summed E-state index contributed by atoms with van der Waals surface area (Å²) in [4.78, 5) is 11.2. The first-order chi connectivity index (χ1) is 8.31. The van der Waals surface area contributed by atoms with Gasteiger partial charge in [-0.3, -0.25) is 0 Å². The second kappa shape index (κ2) is 4.15. The van der Waals surface area contributed by atoms with E-state index in [1.165, 1.54) is 18.2 Å². The Balaban J connectivity index is 2.30. The minimum atomic E-state index is -4.36. The van der Waals surface area contributed by atoms with Crippen molar-refractivity contribution in [1.29, 1.82) is 0 Å². The molecule has 1 aliphatic heterocycles. The van der Waals surface area contributed by atoms with Crippen molar-refractivity contribution in [3.63, 3.8) is 0 Å². The summed E-state index contributed by atoms with van der Waals surface area (Å²) in [7, 11) is 0. The van der Waals surface area contributed by atoms with Crippen molar-refractivity contribution in [1.82, 2.24) is 0 Å². The average molecular weight is 256 g/mol. The van der Waals surface area contributed by atoms with Crippen molar-refractivity contribution in [2.24, 2.45) is 0 Å². The van der Waals surface area contributed by atoms with Gasteiger partial charge in [0.15, 0.2) is 0 Å². The van der Waals surface area contributed by atoms with Gasteiger partial charge in [-0.05, 0) is 24.6 Å². The molecule has 1 aliphatic rings. The van der Waals surface area contributed by atoms with Crippen molar-refractivity contribution < 1.29 is 22.7 Å². The Morgan fingerprint density at radius 1 is 1.22 bits per heavy atom. The number of cyclic esters (lactones) is 1. The maximum Gasteiger partial charge on any atom is 0.416 e. The van der Waals surface area contributed by atoms with E-state index < -0.39 is 23.3 Å². The number of carbonyl (C=O) groups is 1. The van der Waals surface area contributed by atoms with Gasteiger partial charge < -0.3 is 4.74 Å². The molecule has 0 fully saturated rings. The molecule has 0 unspecified atom stereocenters. The van der Waals surface area contributed by atoms with E-state index in [0.717, 1.165) is 12.1 Å². The fraction of sp³-hybridized carbons (Fsp3) is 0.308. The number of alkyl halides is 3. The number of benzene rings is 1. The fourth-order valence-electron chi connectivity index (χ4n) is 1.87. The lowest BCUT2D eigenvalue weighted by molar-refractivity contribution is -0.154. The highest BCUT2D eigenvalue weighted by Crippen LogP contribution is 2.35. The zero-order chi connectivity index (χ0) is 13.4. The number of rotatable bonds is 1. The molecule has 2 rings (SSSR count). The van der Waals surface area contributed by atoms with E-state index in [9.17, 15) is 18.0 Å². The number of halogens is 3. The van der Waals surface area contributed by atoms with Crippen molar-refractivity contribution in [2.75, 3.05) is 0 Å². The quantitative estimate of drug-likeness (QED) is 0.719. The van der Waals surface area contributed by atoms with Crippen LogP contribution in [0.3, 0.4) is 0 Å². The Kier molecular flexibility index (Phi) is 2.92. The summed E-state index contributed by atoms with van der Waals surface area (Å²) in [6, 6.07) is 4.67. The molecular formula is C13H11F3O2. The van der Waals surface area contributed by atoms with Crippen molar-refractivity contribution >= 4 is 5.97 Å². The van der Waals surface area contributed by atoms with Gasteiger partial charge in [-0.25, -0.2) is 4.79 Å². The van der Waals surface area contributed by atoms with E-state index in [1.54, 1.807) is 13.0 Å². The van der Waals surface area contributed by atoms with Crippen LogP contribution in [-0.2, 0) is 21.3 Å². The van der Waals surface area contributed by atoms with Gasteiger partial charge in [-0.15, -0.1) is 0 Å². The summed E-state index contributed by atoms with van der Waals surface area (Å²) < 4.78 is 42.4. The van der Waals surface area contributed by atoms with E-state index in [-0.39, 0.29) is 0 Å². The first-order valence-corrected chi connectivity index (χ1v) is 5.38. The molecule has 0 aliphatic carbocycles. The molecule has 0 amide bonds. The summed E-state index contributed by atoms with van der Waals surface area (Å²) in [5.41, 5.74) is -1.06. The average Bonchev–Trinajstić information content (AvgIpc) is 2.28. The highest BCUT2D eigenvalue weighted by molar-refractivity contribution is 5.83. The maximum atomic E-state index is 12.4. The summed E-state index contributed by atoms with van der Waals surface area (Å²) in [5, 5.41) is 0. The van der Waals surface area contributed by atoms with Gasteiger partial charge >= 0.3 is 12.1 Å². The van der Waals surface area contributed by atoms with Crippen LogP contribution in [0.1, 0.15) is 24.5 Å². The van der Waals surface area contributed by atoms with E-state index in [4.69, 9.17) is 4.74 Å². The first-order valence-electron chi connectivity index (χ1n) is 5.38. The van der Waals surface area contributed by atoms with Crippen LogP contribution in [-0.4, -0.2) is 5.97 Å². The van der Waals surface area contributed by atoms with Gasteiger partial charge in [0, 0.05) is 12.5 Å². The minimum Gasteiger partial charge on any atom is -0.451 e. The second-order valence-electron chi connectivity index (χ2n) is 4.33. The lowest BCUT2D eigenvalue weighted by atomic mass is 9.90. The molecule has 5 heteroatoms. The molecule has 18 heavy (non-hydrogen) atoms. The molecule has 0 saturated heterocycles. The third kappa shape index (κ3) is 2.39. The van der Waals surface area contributed by atoms with Crippen LogP contribution >= 0.6 is 0 Å². The Bertz CT molecular complexity index is 488. The van der Waals surface area contributed by atoms with Gasteiger partial charge in [-0.2, -0.15) is 13.2 Å². The smallest absolute Gasteiger partial charge is 0.416 e. The van der Waals surface area contributed by atoms with Gasteiger partial charge in [0.2, 0.25) is 0 Å².